The van der Waals surface area contributed by atoms with Gasteiger partial charge in [0.05, 0.1) is 6.54 Å². The molecule has 10 heteroatoms. The Morgan fingerprint density at radius 1 is 1.21 bits per heavy atom. The Morgan fingerprint density at radius 2 is 1.90 bits per heavy atom. The van der Waals surface area contributed by atoms with Crippen LogP contribution in [0.25, 0.3) is 0 Å². The molecule has 3 saturated heterocycles. The monoisotopic (exact) mass is 407 g/mol. The van der Waals surface area contributed by atoms with Gasteiger partial charge in [0, 0.05) is 42.6 Å². The maximum atomic E-state index is 12.4. The lowest BCUT2D eigenvalue weighted by atomic mass is 9.87. The molecule has 2 atom stereocenters. The Hall–Kier alpha value is -2.88. The third-order valence-electron chi connectivity index (χ3n) is 5.16. The van der Waals surface area contributed by atoms with Crippen LogP contribution in [-0.2, 0) is 4.79 Å². The van der Waals surface area contributed by atoms with E-state index in [-0.39, 0.29) is 30.3 Å². The molecule has 2 aromatic rings. The van der Waals surface area contributed by atoms with E-state index in [0.717, 1.165) is 31.0 Å². The predicted octanol–water partition coefficient (Wildman–Crippen LogP) is 2.59. The number of amides is 1. The molecule has 7 nitrogen and oxygen atoms in total. The molecule has 1 amide bonds. The molecule has 0 radical (unpaired) electrons. The first-order valence-electron chi connectivity index (χ1n) is 9.22. The summed E-state index contributed by atoms with van der Waals surface area (Å²) in [4.78, 5) is 25.2. The molecule has 5 rings (SSSR count). The van der Waals surface area contributed by atoms with Gasteiger partial charge in [0.25, 0.3) is 0 Å². The zero-order chi connectivity index (χ0) is 20.6. The van der Waals surface area contributed by atoms with Crippen molar-refractivity contribution in [3.05, 3.63) is 42.4 Å². The van der Waals surface area contributed by atoms with Crippen molar-refractivity contribution in [2.24, 2.45) is 0 Å². The van der Waals surface area contributed by atoms with Crippen LogP contribution in [-0.4, -0.2) is 58.9 Å². The first-order valence-corrected chi connectivity index (χ1v) is 9.22. The highest BCUT2D eigenvalue weighted by Gasteiger charge is 2.45. The maximum absolute atomic E-state index is 12.4. The van der Waals surface area contributed by atoms with Crippen molar-refractivity contribution in [1.82, 2.24) is 14.9 Å². The number of aryl methyl sites for hydroxylation is 1. The van der Waals surface area contributed by atoms with Crippen LogP contribution < -0.4 is 15.0 Å². The largest absolute Gasteiger partial charge is 0.573 e. The third-order valence-corrected chi connectivity index (χ3v) is 5.16. The van der Waals surface area contributed by atoms with Gasteiger partial charge in [0.15, 0.2) is 0 Å². The molecule has 2 unspecified atom stereocenters. The zero-order valence-electron chi connectivity index (χ0n) is 15.7. The molecular weight excluding hydrogens is 387 g/mol. The number of hydrogen-bond acceptors (Lipinski definition) is 6. The minimum absolute atomic E-state index is 0.199. The van der Waals surface area contributed by atoms with E-state index in [0.29, 0.717) is 5.69 Å². The summed E-state index contributed by atoms with van der Waals surface area (Å²) in [6.07, 6.45) is -2.14. The molecule has 1 aromatic carbocycles. The second-order valence-electron chi connectivity index (χ2n) is 7.26. The Labute approximate surface area is 165 Å². The van der Waals surface area contributed by atoms with E-state index >= 15 is 0 Å². The van der Waals surface area contributed by atoms with E-state index < -0.39 is 6.36 Å². The number of alkyl halides is 3. The highest BCUT2D eigenvalue weighted by atomic mass is 19.4. The van der Waals surface area contributed by atoms with Gasteiger partial charge in [0.2, 0.25) is 5.91 Å². The Kier molecular flexibility index (Phi) is 5.03. The summed E-state index contributed by atoms with van der Waals surface area (Å²) >= 11 is 0. The molecule has 4 heterocycles. The van der Waals surface area contributed by atoms with E-state index in [4.69, 9.17) is 0 Å². The minimum Gasteiger partial charge on any atom is -0.406 e. The number of anilines is 2. The van der Waals surface area contributed by atoms with E-state index in [2.05, 4.69) is 29.8 Å². The fourth-order valence-corrected chi connectivity index (χ4v) is 3.85. The lowest BCUT2D eigenvalue weighted by Gasteiger charge is -2.56. The molecule has 3 fully saturated rings. The molecule has 0 aliphatic carbocycles. The number of nitrogens with one attached hydrogen (secondary N) is 1. The number of benzene rings is 1. The second-order valence-corrected chi connectivity index (χ2v) is 7.26. The van der Waals surface area contributed by atoms with Crippen LogP contribution in [0, 0.1) is 6.92 Å². The average Bonchev–Trinajstić information content (AvgIpc) is 2.67. The first-order chi connectivity index (χ1) is 13.8. The summed E-state index contributed by atoms with van der Waals surface area (Å²) in [6, 6.07) is 7.61. The highest BCUT2D eigenvalue weighted by molar-refractivity contribution is 5.92. The van der Waals surface area contributed by atoms with Crippen LogP contribution >= 0.6 is 0 Å². The summed E-state index contributed by atoms with van der Waals surface area (Å²) in [6.45, 7) is 3.76. The lowest BCUT2D eigenvalue weighted by molar-refractivity contribution is -0.274. The van der Waals surface area contributed by atoms with Gasteiger partial charge in [-0.25, -0.2) is 9.97 Å². The third kappa shape index (κ3) is 4.58. The summed E-state index contributed by atoms with van der Waals surface area (Å²) in [5.41, 5.74) is 1.34. The number of aromatic nitrogens is 2. The SMILES string of the molecule is Cc1cc(N2CC3CC(C2)N3CC(=O)Nc2ccc(OC(F)(F)F)cc2)ncn1. The van der Waals surface area contributed by atoms with Gasteiger partial charge < -0.3 is 15.0 Å². The number of nitrogens with zero attached hydrogens (tertiary/aromatic N) is 4. The molecule has 29 heavy (non-hydrogen) atoms. The molecule has 1 aromatic heterocycles. The molecule has 0 saturated carbocycles. The summed E-state index contributed by atoms with van der Waals surface area (Å²) < 4.78 is 40.4. The van der Waals surface area contributed by atoms with Crippen LogP contribution in [0.5, 0.6) is 5.75 Å². The Morgan fingerprint density at radius 3 is 2.52 bits per heavy atom. The fourth-order valence-electron chi connectivity index (χ4n) is 3.85. The molecular formula is C19H20F3N5O2. The molecule has 3 aliphatic heterocycles. The van der Waals surface area contributed by atoms with E-state index in [1.807, 2.05) is 13.0 Å². The number of hydrogen-bond donors (Lipinski definition) is 1. The van der Waals surface area contributed by atoms with Gasteiger partial charge in [-0.1, -0.05) is 0 Å². The quantitative estimate of drug-likeness (QED) is 0.822. The van der Waals surface area contributed by atoms with Crippen LogP contribution in [0.2, 0.25) is 0 Å². The predicted molar refractivity (Wildman–Crippen MR) is 99.6 cm³/mol. The van der Waals surface area contributed by atoms with Crippen molar-refractivity contribution in [2.75, 3.05) is 29.9 Å². The van der Waals surface area contributed by atoms with Crippen molar-refractivity contribution in [1.29, 1.82) is 0 Å². The van der Waals surface area contributed by atoms with Crippen molar-refractivity contribution < 1.29 is 22.7 Å². The minimum atomic E-state index is -4.74. The van der Waals surface area contributed by atoms with E-state index in [1.54, 1.807) is 6.33 Å². The van der Waals surface area contributed by atoms with Crippen LogP contribution in [0.15, 0.2) is 36.7 Å². The Balaban J connectivity index is 1.29. The van der Waals surface area contributed by atoms with Gasteiger partial charge in [-0.15, -0.1) is 13.2 Å². The standard InChI is InChI=1S/C19H20F3N5O2/c1-12-6-17(24-11-23-12)26-8-14-7-15(9-26)27(14)10-18(28)25-13-2-4-16(5-3-13)29-19(20,21)22/h2-6,11,14-15H,7-10H2,1H3,(H,25,28). The number of piperidine rings is 1. The molecule has 2 bridgehead atoms. The molecule has 154 valence electrons. The lowest BCUT2D eigenvalue weighted by Crippen LogP contribution is -2.69. The van der Waals surface area contributed by atoms with Crippen LogP contribution in [0.3, 0.4) is 0 Å². The highest BCUT2D eigenvalue weighted by Crippen LogP contribution is 2.34. The smallest absolute Gasteiger partial charge is 0.406 e. The topological polar surface area (TPSA) is 70.6 Å². The zero-order valence-corrected chi connectivity index (χ0v) is 15.7. The van der Waals surface area contributed by atoms with Crippen LogP contribution in [0.4, 0.5) is 24.7 Å². The first kappa shape index (κ1) is 19.4. The fraction of sp³-hybridized carbons (Fsp3) is 0.421. The van der Waals surface area contributed by atoms with Crippen molar-refractivity contribution >= 4 is 17.4 Å². The number of ether oxygens (including phenoxy) is 1. The van der Waals surface area contributed by atoms with Crippen molar-refractivity contribution in [3.63, 3.8) is 0 Å². The number of halogens is 3. The van der Waals surface area contributed by atoms with E-state index in [9.17, 15) is 18.0 Å². The second kappa shape index (κ2) is 7.51. The van der Waals surface area contributed by atoms with Crippen molar-refractivity contribution in [2.45, 2.75) is 31.8 Å². The summed E-state index contributed by atoms with van der Waals surface area (Å²) in [7, 11) is 0. The van der Waals surface area contributed by atoms with Crippen LogP contribution in [0.1, 0.15) is 12.1 Å². The van der Waals surface area contributed by atoms with Gasteiger partial charge >= 0.3 is 6.36 Å². The summed E-state index contributed by atoms with van der Waals surface area (Å²) in [5.74, 6) is 0.376. The summed E-state index contributed by atoms with van der Waals surface area (Å²) in [5, 5.41) is 2.72. The number of fused-ring (bicyclic) bond motifs is 2. The normalized spacial score (nSPS) is 21.4. The number of piperazine rings is 1. The van der Waals surface area contributed by atoms with Gasteiger partial charge in [0.1, 0.15) is 17.9 Å². The van der Waals surface area contributed by atoms with E-state index in [1.165, 1.54) is 24.3 Å². The number of rotatable bonds is 5. The number of carbonyl (C=O) groups excluding carboxylic acids is 1. The van der Waals surface area contributed by atoms with Gasteiger partial charge in [-0.3, -0.25) is 9.69 Å². The van der Waals surface area contributed by atoms with Gasteiger partial charge in [-0.05, 0) is 37.6 Å². The Bertz CT molecular complexity index is 878. The van der Waals surface area contributed by atoms with Gasteiger partial charge in [-0.2, -0.15) is 0 Å². The molecule has 0 spiro atoms. The molecule has 3 aliphatic rings. The number of carbonyl (C=O) groups is 1. The average molecular weight is 407 g/mol. The van der Waals surface area contributed by atoms with Crippen molar-refractivity contribution in [3.8, 4) is 5.75 Å². The molecule has 1 N–H and O–H groups in total. The maximum Gasteiger partial charge on any atom is 0.573 e.